The number of anilines is 2. The van der Waals surface area contributed by atoms with Crippen molar-refractivity contribution in [3.05, 3.63) is 71.1 Å². The molecule has 2 aliphatic rings. The summed E-state index contributed by atoms with van der Waals surface area (Å²) in [5.74, 6) is 1.53. The molecule has 1 atom stereocenters. The summed E-state index contributed by atoms with van der Waals surface area (Å²) in [5, 5.41) is 4.16. The third-order valence-corrected chi connectivity index (χ3v) is 8.72. The van der Waals surface area contributed by atoms with E-state index in [1.807, 2.05) is 74.5 Å². The fourth-order valence-electron chi connectivity index (χ4n) is 4.07. The maximum atomic E-state index is 13.3. The van der Waals surface area contributed by atoms with Crippen molar-refractivity contribution in [1.29, 1.82) is 0 Å². The van der Waals surface area contributed by atoms with Crippen molar-refractivity contribution >= 4 is 58.9 Å². The van der Waals surface area contributed by atoms with Crippen LogP contribution in [0.5, 0.6) is 5.75 Å². The molecule has 0 bridgehead atoms. The van der Waals surface area contributed by atoms with Gasteiger partial charge in [0.25, 0.3) is 0 Å². The van der Waals surface area contributed by atoms with E-state index < -0.39 is 4.33 Å². The molecule has 34 heavy (non-hydrogen) atoms. The topological polar surface area (TPSA) is 75.9 Å². The molecular weight excluding hydrogens is 470 g/mol. The van der Waals surface area contributed by atoms with Crippen LogP contribution in [0.25, 0.3) is 12.2 Å². The number of rotatable bonds is 5. The average molecular weight is 494 g/mol. The lowest BCUT2D eigenvalue weighted by Crippen LogP contribution is -2.53. The Balaban J connectivity index is 1.56. The molecule has 7 nitrogen and oxygen atoms in total. The number of hydrogen-bond acceptors (Lipinski definition) is 7. The third-order valence-electron chi connectivity index (χ3n) is 5.75. The van der Waals surface area contributed by atoms with Crippen LogP contribution in [0.1, 0.15) is 22.6 Å². The maximum Gasteiger partial charge on any atom is 0.240 e. The number of carbonyl (C=O) groups excluding carboxylic acids is 2. The zero-order valence-corrected chi connectivity index (χ0v) is 20.6. The molecule has 5 rings (SSSR count). The first kappa shape index (κ1) is 22.6. The van der Waals surface area contributed by atoms with Crippen LogP contribution in [-0.4, -0.2) is 39.9 Å². The number of aryl methyl sites for hydroxylation is 2. The van der Waals surface area contributed by atoms with Gasteiger partial charge in [-0.3, -0.25) is 19.4 Å². The largest absolute Gasteiger partial charge is 0.497 e. The van der Waals surface area contributed by atoms with Gasteiger partial charge < -0.3 is 9.26 Å². The molecule has 2 aliphatic heterocycles. The first-order valence-corrected chi connectivity index (χ1v) is 12.7. The van der Waals surface area contributed by atoms with Crippen LogP contribution in [-0.2, 0) is 9.59 Å². The van der Waals surface area contributed by atoms with Gasteiger partial charge in [-0.2, -0.15) is 0 Å². The third kappa shape index (κ3) is 3.78. The van der Waals surface area contributed by atoms with Gasteiger partial charge in [-0.05, 0) is 49.8 Å². The Morgan fingerprint density at radius 2 is 1.59 bits per heavy atom. The first-order valence-electron chi connectivity index (χ1n) is 10.7. The zero-order chi connectivity index (χ0) is 23.9. The minimum absolute atomic E-state index is 0.0618. The summed E-state index contributed by atoms with van der Waals surface area (Å²) >= 11 is 2.87. The van der Waals surface area contributed by atoms with Crippen molar-refractivity contribution in [3.8, 4) is 5.75 Å². The highest BCUT2D eigenvalue weighted by Crippen LogP contribution is 2.56. The summed E-state index contributed by atoms with van der Waals surface area (Å²) in [6.07, 6.45) is 3.75. The summed E-state index contributed by atoms with van der Waals surface area (Å²) in [5.41, 5.74) is 4.06. The van der Waals surface area contributed by atoms with E-state index in [1.165, 1.54) is 29.1 Å². The Bertz CT molecular complexity index is 1270. The molecule has 9 heteroatoms. The summed E-state index contributed by atoms with van der Waals surface area (Å²) in [6.45, 7) is 3.85. The van der Waals surface area contributed by atoms with Crippen LogP contribution >= 0.6 is 23.5 Å². The van der Waals surface area contributed by atoms with Gasteiger partial charge in [0.05, 0.1) is 18.6 Å². The van der Waals surface area contributed by atoms with Gasteiger partial charge in [-0.1, -0.05) is 64.6 Å². The van der Waals surface area contributed by atoms with E-state index in [1.54, 1.807) is 16.9 Å². The van der Waals surface area contributed by atoms with Crippen LogP contribution in [0.15, 0.2) is 53.1 Å². The maximum absolute atomic E-state index is 13.3. The second kappa shape index (κ2) is 8.88. The van der Waals surface area contributed by atoms with Gasteiger partial charge in [0, 0.05) is 5.69 Å². The number of ether oxygens (including phenoxy) is 1. The molecular formula is C25H23N3O4S2. The monoisotopic (exact) mass is 493 g/mol. The zero-order valence-electron chi connectivity index (χ0n) is 19.0. The Morgan fingerprint density at radius 1 is 0.941 bits per heavy atom. The normalized spacial score (nSPS) is 20.3. The lowest BCUT2D eigenvalue weighted by molar-refractivity contribution is -0.116. The van der Waals surface area contributed by atoms with E-state index in [4.69, 9.17) is 9.26 Å². The first-order chi connectivity index (χ1) is 16.4. The predicted octanol–water partition coefficient (Wildman–Crippen LogP) is 4.94. The quantitative estimate of drug-likeness (QED) is 0.498. The standard InChI is InChI=1S/C25H23N3O4S2/c1-16-4-6-18(7-5-16)8-13-21-24(17(2)26-32-21)28-23(30)15-34-25(28)27(22(29)14-33-25)19-9-11-20(31-3)12-10-19/h4-13H,14-15H2,1-3H3/b13-8+. The highest BCUT2D eigenvalue weighted by molar-refractivity contribution is 8.20. The van der Waals surface area contributed by atoms with Crippen LogP contribution in [0.2, 0.25) is 0 Å². The van der Waals surface area contributed by atoms with Crippen LogP contribution in [0.3, 0.4) is 0 Å². The molecule has 1 spiro atoms. The highest BCUT2D eigenvalue weighted by atomic mass is 32.2. The van der Waals surface area contributed by atoms with Crippen molar-refractivity contribution in [1.82, 2.24) is 5.16 Å². The van der Waals surface area contributed by atoms with E-state index in [-0.39, 0.29) is 23.3 Å². The summed E-state index contributed by atoms with van der Waals surface area (Å²) in [4.78, 5) is 29.7. The number of carbonyl (C=O) groups is 2. The molecule has 2 fully saturated rings. The minimum atomic E-state index is -0.953. The SMILES string of the molecule is COc1ccc(N2C(=O)CSC23SCC(=O)N3c2c(C)noc2/C=C/c2ccc(C)cc2)cc1. The second-order valence-corrected chi connectivity index (χ2v) is 10.6. The molecule has 2 saturated heterocycles. The molecule has 2 aromatic carbocycles. The van der Waals surface area contributed by atoms with E-state index >= 15 is 0 Å². The summed E-state index contributed by atoms with van der Waals surface area (Å²) in [6, 6.07) is 15.4. The van der Waals surface area contributed by atoms with Gasteiger partial charge in [0.15, 0.2) is 5.76 Å². The van der Waals surface area contributed by atoms with Crippen LogP contribution in [0, 0.1) is 13.8 Å². The number of nitrogens with zero attached hydrogens (tertiary/aromatic N) is 3. The number of methoxy groups -OCH3 is 1. The van der Waals surface area contributed by atoms with Crippen molar-refractivity contribution in [3.63, 3.8) is 0 Å². The minimum Gasteiger partial charge on any atom is -0.497 e. The number of hydrogen-bond donors (Lipinski definition) is 0. The molecule has 174 valence electrons. The second-order valence-electron chi connectivity index (χ2n) is 8.01. The molecule has 0 N–H and O–H groups in total. The van der Waals surface area contributed by atoms with E-state index in [2.05, 4.69) is 5.16 Å². The highest BCUT2D eigenvalue weighted by Gasteiger charge is 2.59. The van der Waals surface area contributed by atoms with Crippen molar-refractivity contribution in [2.75, 3.05) is 28.4 Å². The van der Waals surface area contributed by atoms with Gasteiger partial charge in [-0.15, -0.1) is 0 Å². The predicted molar refractivity (Wildman–Crippen MR) is 137 cm³/mol. The molecule has 1 unspecified atom stereocenters. The summed E-state index contributed by atoms with van der Waals surface area (Å²) < 4.78 is 9.95. The molecule has 0 saturated carbocycles. The van der Waals surface area contributed by atoms with Crippen LogP contribution in [0.4, 0.5) is 11.4 Å². The smallest absolute Gasteiger partial charge is 0.240 e. The fourth-order valence-corrected chi connectivity index (χ4v) is 6.96. The van der Waals surface area contributed by atoms with E-state index in [0.717, 1.165) is 5.56 Å². The number of thioether (sulfide) groups is 2. The Morgan fingerprint density at radius 3 is 2.24 bits per heavy atom. The lowest BCUT2D eigenvalue weighted by atomic mass is 10.1. The van der Waals surface area contributed by atoms with E-state index in [9.17, 15) is 9.59 Å². The molecule has 0 radical (unpaired) electrons. The van der Waals surface area contributed by atoms with Crippen molar-refractivity contribution in [2.45, 2.75) is 18.2 Å². The van der Waals surface area contributed by atoms with Gasteiger partial charge >= 0.3 is 0 Å². The van der Waals surface area contributed by atoms with Gasteiger partial charge in [-0.25, -0.2) is 0 Å². The van der Waals surface area contributed by atoms with Gasteiger partial charge in [0.1, 0.15) is 17.1 Å². The van der Waals surface area contributed by atoms with Crippen molar-refractivity contribution in [2.24, 2.45) is 0 Å². The molecule has 3 heterocycles. The number of benzene rings is 2. The van der Waals surface area contributed by atoms with Crippen LogP contribution < -0.4 is 14.5 Å². The Labute approximate surface area is 206 Å². The lowest BCUT2D eigenvalue weighted by Gasteiger charge is -2.39. The average Bonchev–Trinajstić information content (AvgIpc) is 3.48. The molecule has 3 aromatic rings. The Hall–Kier alpha value is -3.17. The number of amides is 2. The van der Waals surface area contributed by atoms with E-state index in [0.29, 0.717) is 28.6 Å². The summed E-state index contributed by atoms with van der Waals surface area (Å²) in [7, 11) is 1.60. The van der Waals surface area contributed by atoms with Crippen molar-refractivity contribution < 1.29 is 18.8 Å². The molecule has 2 amide bonds. The fraction of sp³-hybridized carbons (Fsp3) is 0.240. The molecule has 0 aliphatic carbocycles. The Kier molecular flexibility index (Phi) is 5.91. The number of aromatic nitrogens is 1. The van der Waals surface area contributed by atoms with Gasteiger partial charge in [0.2, 0.25) is 16.1 Å². The molecule has 1 aromatic heterocycles.